The highest BCUT2D eigenvalue weighted by Crippen LogP contribution is 2.25. The van der Waals surface area contributed by atoms with Gasteiger partial charge in [-0.1, -0.05) is 18.2 Å². The van der Waals surface area contributed by atoms with Gasteiger partial charge < -0.3 is 9.30 Å². The van der Waals surface area contributed by atoms with Crippen LogP contribution in [0.4, 0.5) is 13.2 Å². The van der Waals surface area contributed by atoms with E-state index in [1.807, 2.05) is 18.2 Å². The van der Waals surface area contributed by atoms with Gasteiger partial charge in [0.05, 0.1) is 0 Å². The van der Waals surface area contributed by atoms with Gasteiger partial charge in [-0.3, -0.25) is 13.9 Å². The summed E-state index contributed by atoms with van der Waals surface area (Å²) < 4.78 is 45.7. The molecule has 0 fully saturated rings. The highest BCUT2D eigenvalue weighted by molar-refractivity contribution is 5.71. The van der Waals surface area contributed by atoms with E-state index in [-0.39, 0.29) is 29.9 Å². The molecule has 4 rings (SSSR count). The van der Waals surface area contributed by atoms with Crippen molar-refractivity contribution in [3.05, 3.63) is 86.6 Å². The van der Waals surface area contributed by atoms with Crippen LogP contribution in [0.25, 0.3) is 11.2 Å². The number of aryl methyl sites for hydroxylation is 1. The molecule has 0 aliphatic rings. The van der Waals surface area contributed by atoms with Crippen LogP contribution >= 0.6 is 0 Å². The van der Waals surface area contributed by atoms with Crippen LogP contribution in [0.15, 0.2) is 58.3 Å². The molecule has 32 heavy (non-hydrogen) atoms. The van der Waals surface area contributed by atoms with Gasteiger partial charge in [-0.2, -0.15) is 0 Å². The van der Waals surface area contributed by atoms with E-state index in [4.69, 9.17) is 0 Å². The Labute approximate surface area is 179 Å². The molecule has 1 N–H and O–H groups in total. The van der Waals surface area contributed by atoms with Gasteiger partial charge in [-0.25, -0.2) is 14.8 Å². The number of ether oxygens (including phenoxy) is 1. The van der Waals surface area contributed by atoms with Crippen molar-refractivity contribution in [2.75, 3.05) is 0 Å². The second-order valence-electron chi connectivity index (χ2n) is 7.25. The van der Waals surface area contributed by atoms with Gasteiger partial charge in [0.25, 0.3) is 5.56 Å². The lowest BCUT2D eigenvalue weighted by Crippen LogP contribution is -2.37. The van der Waals surface area contributed by atoms with Crippen molar-refractivity contribution >= 4 is 11.2 Å². The summed E-state index contributed by atoms with van der Waals surface area (Å²) in [6, 6.07) is 11.0. The molecule has 0 atom stereocenters. The predicted molar refractivity (Wildman–Crippen MR) is 108 cm³/mol. The van der Waals surface area contributed by atoms with E-state index in [9.17, 15) is 22.8 Å². The summed E-state index contributed by atoms with van der Waals surface area (Å²) in [5, 5.41) is 0. The van der Waals surface area contributed by atoms with Crippen LogP contribution in [0.2, 0.25) is 0 Å². The first-order valence-corrected chi connectivity index (χ1v) is 9.59. The van der Waals surface area contributed by atoms with Crippen LogP contribution < -0.4 is 21.0 Å². The average Bonchev–Trinajstić information content (AvgIpc) is 3.08. The third kappa shape index (κ3) is 4.13. The van der Waals surface area contributed by atoms with Gasteiger partial charge >= 0.3 is 12.1 Å². The summed E-state index contributed by atoms with van der Waals surface area (Å²) in [5.41, 5.74) is 0.675. The fraction of sp³-hybridized carbons (Fsp3) is 0.238. The van der Waals surface area contributed by atoms with Crippen LogP contribution in [0.1, 0.15) is 17.1 Å². The lowest BCUT2D eigenvalue weighted by atomic mass is 10.1. The third-order valence-corrected chi connectivity index (χ3v) is 5.02. The maximum Gasteiger partial charge on any atom is 0.573 e. The molecule has 8 nitrogen and oxygen atoms in total. The summed E-state index contributed by atoms with van der Waals surface area (Å²) in [7, 11) is 2.89. The highest BCUT2D eigenvalue weighted by atomic mass is 19.4. The quantitative estimate of drug-likeness (QED) is 0.468. The molecule has 11 heteroatoms. The van der Waals surface area contributed by atoms with Crippen LogP contribution in [-0.2, 0) is 27.1 Å². The van der Waals surface area contributed by atoms with Crippen LogP contribution in [-0.4, -0.2) is 25.0 Å². The molecular weight excluding hydrogens is 427 g/mol. The summed E-state index contributed by atoms with van der Waals surface area (Å²) in [4.78, 5) is 32.9. The molecule has 0 saturated carbocycles. The first-order chi connectivity index (χ1) is 15.1. The first-order valence-electron chi connectivity index (χ1n) is 9.59. The number of aromatic nitrogens is 5. The number of nitrogens with one attached hydrogen (secondary N) is 1. The zero-order valence-electron chi connectivity index (χ0n) is 17.2. The molecule has 0 amide bonds. The van der Waals surface area contributed by atoms with Crippen molar-refractivity contribution in [2.45, 2.75) is 19.3 Å². The van der Waals surface area contributed by atoms with Gasteiger partial charge in [0, 0.05) is 32.6 Å². The Kier molecular flexibility index (Phi) is 5.33. The fourth-order valence-corrected chi connectivity index (χ4v) is 3.53. The molecule has 0 spiro atoms. The van der Waals surface area contributed by atoms with E-state index in [0.29, 0.717) is 11.4 Å². The second kappa shape index (κ2) is 7.98. The average molecular weight is 446 g/mol. The third-order valence-electron chi connectivity index (χ3n) is 5.02. The van der Waals surface area contributed by atoms with E-state index in [1.165, 1.54) is 36.9 Å². The van der Waals surface area contributed by atoms with E-state index >= 15 is 0 Å². The number of rotatable bonds is 5. The summed E-state index contributed by atoms with van der Waals surface area (Å²) in [6.45, 7) is 0.249. The number of halogens is 3. The fourth-order valence-electron chi connectivity index (χ4n) is 3.53. The second-order valence-corrected chi connectivity index (χ2v) is 7.25. The van der Waals surface area contributed by atoms with Crippen molar-refractivity contribution in [3.8, 4) is 5.75 Å². The maximum atomic E-state index is 12.9. The minimum absolute atomic E-state index is 0.119. The smallest absolute Gasteiger partial charge is 0.406 e. The van der Waals surface area contributed by atoms with Gasteiger partial charge in [0.2, 0.25) is 0 Å². The molecule has 4 aromatic rings. The number of pyridine rings is 1. The van der Waals surface area contributed by atoms with Crippen LogP contribution in [0, 0.1) is 0 Å². The van der Waals surface area contributed by atoms with Gasteiger partial charge in [-0.05, 0) is 17.7 Å². The van der Waals surface area contributed by atoms with Crippen LogP contribution in [0.3, 0.4) is 0 Å². The monoisotopic (exact) mass is 446 g/mol. The number of fused-ring (bicyclic) bond motifs is 1. The van der Waals surface area contributed by atoms with Crippen molar-refractivity contribution in [1.29, 1.82) is 0 Å². The Morgan fingerprint density at radius 3 is 2.53 bits per heavy atom. The van der Waals surface area contributed by atoms with E-state index in [0.717, 1.165) is 10.3 Å². The molecule has 0 unspecified atom stereocenters. The Morgan fingerprint density at radius 1 is 1.06 bits per heavy atom. The maximum absolute atomic E-state index is 12.9. The van der Waals surface area contributed by atoms with E-state index in [2.05, 4.69) is 14.7 Å². The van der Waals surface area contributed by atoms with Gasteiger partial charge in [0.1, 0.15) is 18.1 Å². The molecule has 166 valence electrons. The normalized spacial score (nSPS) is 11.8. The standard InChI is InChI=1S/C21H18F3N5O3/c1-27-18-17(19(30)28(2)20(27)31)29(12-14-7-3-4-9-25-14)16(26-18)11-13-6-5-8-15(10-13)32-21(22,23)24/h3-10H,11-12H2,1-2H3/p+1. The number of nitrogens with zero attached hydrogens (tertiary/aromatic N) is 4. The largest absolute Gasteiger partial charge is 0.573 e. The van der Waals surface area contributed by atoms with E-state index in [1.54, 1.807) is 16.8 Å². The molecular formula is C21H19F3N5O3+. The Balaban J connectivity index is 1.86. The van der Waals surface area contributed by atoms with Crippen molar-refractivity contribution in [1.82, 2.24) is 18.7 Å². The SMILES string of the molecule is Cn1c(=O)c2c(nc(Cc3cccc(OC(F)(F)F)c3)n2Cc2cccc[nH+]2)n(C)c1=O. The van der Waals surface area contributed by atoms with Gasteiger partial charge in [0.15, 0.2) is 23.1 Å². The number of aromatic amines is 1. The number of alkyl halides is 3. The van der Waals surface area contributed by atoms with Crippen molar-refractivity contribution < 1.29 is 22.9 Å². The minimum Gasteiger partial charge on any atom is -0.406 e. The molecule has 0 saturated heterocycles. The molecule has 0 aliphatic heterocycles. The Hall–Kier alpha value is -3.89. The number of hydrogen-bond donors (Lipinski definition) is 0. The van der Waals surface area contributed by atoms with Crippen molar-refractivity contribution in [3.63, 3.8) is 0 Å². The summed E-state index contributed by atoms with van der Waals surface area (Å²) >= 11 is 0. The molecule has 0 radical (unpaired) electrons. The van der Waals surface area contributed by atoms with E-state index < -0.39 is 17.6 Å². The minimum atomic E-state index is -4.81. The zero-order valence-corrected chi connectivity index (χ0v) is 17.2. The molecule has 3 aromatic heterocycles. The topological polar surface area (TPSA) is 85.2 Å². The lowest BCUT2D eigenvalue weighted by Gasteiger charge is -2.11. The number of hydrogen-bond acceptors (Lipinski definition) is 4. The molecule has 0 bridgehead atoms. The molecule has 0 aliphatic carbocycles. The first kappa shape index (κ1) is 21.3. The summed E-state index contributed by atoms with van der Waals surface area (Å²) in [6.07, 6.45) is -2.95. The molecule has 1 aromatic carbocycles. The zero-order chi connectivity index (χ0) is 23.0. The lowest BCUT2D eigenvalue weighted by molar-refractivity contribution is -0.390. The van der Waals surface area contributed by atoms with Crippen LogP contribution in [0.5, 0.6) is 5.75 Å². The predicted octanol–water partition coefficient (Wildman–Crippen LogP) is 1.79. The van der Waals surface area contributed by atoms with Crippen molar-refractivity contribution in [2.24, 2.45) is 14.1 Å². The number of imidazole rings is 1. The Morgan fingerprint density at radius 2 is 1.84 bits per heavy atom. The van der Waals surface area contributed by atoms with Gasteiger partial charge in [-0.15, -0.1) is 13.2 Å². The highest BCUT2D eigenvalue weighted by Gasteiger charge is 2.31. The summed E-state index contributed by atoms with van der Waals surface area (Å²) in [5.74, 6) is 0.0667. The molecule has 3 heterocycles. The Bertz CT molecular complexity index is 1400. The number of H-pyrrole nitrogens is 1. The number of benzene rings is 1.